The van der Waals surface area contributed by atoms with E-state index in [0.717, 1.165) is 49.9 Å². The molecule has 3 aromatic carbocycles. The van der Waals surface area contributed by atoms with E-state index in [1.54, 1.807) is 7.05 Å². The third-order valence-corrected chi connectivity index (χ3v) is 10.4. The van der Waals surface area contributed by atoms with Crippen molar-refractivity contribution in [1.29, 1.82) is 0 Å². The molecule has 0 bridgehead atoms. The van der Waals surface area contributed by atoms with E-state index in [9.17, 15) is 14.4 Å². The third-order valence-electron chi connectivity index (χ3n) is 10.4. The van der Waals surface area contributed by atoms with E-state index in [4.69, 9.17) is 0 Å². The van der Waals surface area contributed by atoms with Crippen molar-refractivity contribution in [3.05, 3.63) is 107 Å². The zero-order valence-corrected chi connectivity index (χ0v) is 29.9. The lowest BCUT2D eigenvalue weighted by atomic mass is 9.87. The second-order valence-corrected chi connectivity index (χ2v) is 14.7. The molecule has 2 aliphatic rings. The van der Waals surface area contributed by atoms with Gasteiger partial charge in [-0.05, 0) is 85.7 Å². The van der Waals surface area contributed by atoms with Gasteiger partial charge in [0, 0.05) is 12.6 Å². The van der Waals surface area contributed by atoms with Gasteiger partial charge in [0.2, 0.25) is 17.7 Å². The zero-order chi connectivity index (χ0) is 35.0. The quantitative estimate of drug-likeness (QED) is 0.178. The number of hydrogen-bond acceptors (Lipinski definition) is 5. The summed E-state index contributed by atoms with van der Waals surface area (Å²) < 4.78 is 0. The highest BCUT2D eigenvalue weighted by Crippen LogP contribution is 2.36. The lowest BCUT2D eigenvalue weighted by Gasteiger charge is -2.33. The molecule has 0 saturated carbocycles. The molecule has 0 spiro atoms. The van der Waals surface area contributed by atoms with Crippen molar-refractivity contribution in [3.63, 3.8) is 0 Å². The van der Waals surface area contributed by atoms with Crippen LogP contribution >= 0.6 is 0 Å². The Bertz CT molecular complexity index is 1480. The molecule has 2 saturated heterocycles. The number of likely N-dealkylation sites (N-methyl/N-ethyl adjacent to an activating group) is 1. The number of carbonyl (C=O) groups excluding carboxylic acids is 3. The highest BCUT2D eigenvalue weighted by molar-refractivity contribution is 5.94. The molecule has 5 atom stereocenters. The van der Waals surface area contributed by atoms with Crippen molar-refractivity contribution in [3.8, 4) is 0 Å². The van der Waals surface area contributed by atoms with Crippen molar-refractivity contribution < 1.29 is 14.4 Å². The minimum Gasteiger partial charge on any atom is -0.343 e. The van der Waals surface area contributed by atoms with Crippen LogP contribution in [0.25, 0.3) is 0 Å². The van der Waals surface area contributed by atoms with Crippen LogP contribution in [0.1, 0.15) is 94.5 Å². The number of hydrogen-bond donors (Lipinski definition) is 4. The van der Waals surface area contributed by atoms with Gasteiger partial charge in [-0.1, -0.05) is 113 Å². The molecule has 49 heavy (non-hydrogen) atoms. The first kappa shape index (κ1) is 36.3. The zero-order valence-electron chi connectivity index (χ0n) is 29.9. The van der Waals surface area contributed by atoms with Gasteiger partial charge in [0.1, 0.15) is 12.1 Å². The molecule has 5 rings (SSSR count). The van der Waals surface area contributed by atoms with Gasteiger partial charge in [0.15, 0.2) is 0 Å². The van der Waals surface area contributed by atoms with E-state index in [0.29, 0.717) is 12.8 Å². The van der Waals surface area contributed by atoms with Gasteiger partial charge in [-0.3, -0.25) is 14.4 Å². The Labute approximate surface area is 292 Å². The van der Waals surface area contributed by atoms with Crippen LogP contribution in [0.2, 0.25) is 0 Å². The third kappa shape index (κ3) is 8.97. The summed E-state index contributed by atoms with van der Waals surface area (Å²) in [6, 6.07) is 26.6. The van der Waals surface area contributed by atoms with Crippen molar-refractivity contribution in [2.24, 2.45) is 5.92 Å². The molecular weight excluding hydrogens is 610 g/mol. The summed E-state index contributed by atoms with van der Waals surface area (Å²) in [5, 5.41) is 13.1. The lowest BCUT2D eigenvalue weighted by Crippen LogP contribution is -2.58. The molecule has 3 amide bonds. The number of nitrogens with one attached hydrogen (secondary N) is 4. The van der Waals surface area contributed by atoms with Crippen LogP contribution in [-0.2, 0) is 26.3 Å². The Morgan fingerprint density at radius 1 is 0.857 bits per heavy atom. The Morgan fingerprint density at radius 2 is 1.47 bits per heavy atom. The van der Waals surface area contributed by atoms with Gasteiger partial charge in [-0.2, -0.15) is 0 Å². The van der Waals surface area contributed by atoms with E-state index in [2.05, 4.69) is 66.3 Å². The number of benzene rings is 3. The van der Waals surface area contributed by atoms with Crippen LogP contribution in [0.3, 0.4) is 0 Å². The predicted octanol–water partition coefficient (Wildman–Crippen LogP) is 5.62. The molecule has 4 N–H and O–H groups in total. The SMILES string of the molecule is CC[C@H](NC)C(=O)N[C@@H]1C(=O)N2[C@@H](CC[C@@H]1CCNCc1ccc(C(C)(C)C)cc1)CC[C@H]2C(=O)NC(c1ccccc1)c1ccccc1. The molecule has 3 aromatic rings. The van der Waals surface area contributed by atoms with Gasteiger partial charge in [0.25, 0.3) is 0 Å². The standard InChI is InChI=1S/C41H55N5O3/c1-6-34(42-5)38(47)45-37-31(25-26-43-27-28-17-20-32(21-18-28)41(2,3)4)19-22-33-23-24-35(46(33)40(37)49)39(48)44-36(29-13-9-7-10-14-29)30-15-11-8-12-16-30/h7-18,20-21,31,33-37,42-43H,6,19,22-27H2,1-5H3,(H,44,48)(H,45,47)/t31-,33+,34+,35+,37+/m1/s1. The van der Waals surface area contributed by atoms with E-state index >= 15 is 0 Å². The topological polar surface area (TPSA) is 103 Å². The number of rotatable bonds is 13. The average molecular weight is 666 g/mol. The highest BCUT2D eigenvalue weighted by atomic mass is 16.2. The van der Waals surface area contributed by atoms with E-state index in [1.807, 2.05) is 72.5 Å². The Hall–Kier alpha value is -4.01. The molecule has 0 unspecified atom stereocenters. The van der Waals surface area contributed by atoms with Crippen LogP contribution in [0.4, 0.5) is 0 Å². The number of nitrogens with zero attached hydrogens (tertiary/aromatic N) is 1. The second-order valence-electron chi connectivity index (χ2n) is 14.7. The van der Waals surface area contributed by atoms with Crippen LogP contribution in [0.15, 0.2) is 84.9 Å². The number of carbonyl (C=O) groups is 3. The maximum atomic E-state index is 14.6. The highest BCUT2D eigenvalue weighted by Gasteiger charge is 2.47. The molecule has 8 nitrogen and oxygen atoms in total. The first-order chi connectivity index (χ1) is 23.6. The molecular formula is C41H55N5O3. The summed E-state index contributed by atoms with van der Waals surface area (Å²) in [5.74, 6) is -0.513. The first-order valence-electron chi connectivity index (χ1n) is 18.1. The van der Waals surface area contributed by atoms with Gasteiger partial charge in [-0.15, -0.1) is 0 Å². The molecule has 8 heteroatoms. The van der Waals surface area contributed by atoms with Crippen molar-refractivity contribution in [2.75, 3.05) is 13.6 Å². The summed E-state index contributed by atoms with van der Waals surface area (Å²) in [7, 11) is 1.77. The van der Waals surface area contributed by atoms with Crippen LogP contribution in [0.5, 0.6) is 0 Å². The maximum absolute atomic E-state index is 14.6. The molecule has 2 heterocycles. The van der Waals surface area contributed by atoms with Crippen LogP contribution < -0.4 is 21.3 Å². The Kier molecular flexibility index (Phi) is 12.3. The summed E-state index contributed by atoms with van der Waals surface area (Å²) in [6.45, 7) is 10.1. The van der Waals surface area contributed by atoms with Crippen molar-refractivity contribution in [2.45, 2.75) is 108 Å². The predicted molar refractivity (Wildman–Crippen MR) is 196 cm³/mol. The number of amides is 3. The fourth-order valence-corrected chi connectivity index (χ4v) is 7.49. The minimum atomic E-state index is -0.694. The molecule has 0 aromatic heterocycles. The fraction of sp³-hybridized carbons (Fsp3) is 0.488. The molecule has 262 valence electrons. The number of fused-ring (bicyclic) bond motifs is 1. The summed E-state index contributed by atoms with van der Waals surface area (Å²) in [4.78, 5) is 43.9. The van der Waals surface area contributed by atoms with E-state index in [1.165, 1.54) is 11.1 Å². The van der Waals surface area contributed by atoms with E-state index < -0.39 is 18.1 Å². The smallest absolute Gasteiger partial charge is 0.246 e. The monoisotopic (exact) mass is 665 g/mol. The first-order valence-corrected chi connectivity index (χ1v) is 18.1. The van der Waals surface area contributed by atoms with Gasteiger partial charge >= 0.3 is 0 Å². The maximum Gasteiger partial charge on any atom is 0.246 e. The van der Waals surface area contributed by atoms with E-state index in [-0.39, 0.29) is 41.1 Å². The summed E-state index contributed by atoms with van der Waals surface area (Å²) in [5.41, 5.74) is 4.61. The molecule has 0 aliphatic carbocycles. The molecule has 2 aliphatic heterocycles. The van der Waals surface area contributed by atoms with Gasteiger partial charge < -0.3 is 26.2 Å². The lowest BCUT2D eigenvalue weighted by molar-refractivity contribution is -0.143. The Morgan fingerprint density at radius 3 is 2.04 bits per heavy atom. The van der Waals surface area contributed by atoms with Crippen LogP contribution in [-0.4, -0.2) is 60.4 Å². The van der Waals surface area contributed by atoms with Gasteiger partial charge in [-0.25, -0.2) is 0 Å². The minimum absolute atomic E-state index is 0.0277. The normalized spacial score (nSPS) is 21.6. The summed E-state index contributed by atoms with van der Waals surface area (Å²) in [6.07, 6.45) is 4.35. The van der Waals surface area contributed by atoms with Crippen LogP contribution in [0, 0.1) is 5.92 Å². The molecule has 0 radical (unpaired) electrons. The summed E-state index contributed by atoms with van der Waals surface area (Å²) >= 11 is 0. The second kappa shape index (κ2) is 16.6. The fourth-order valence-electron chi connectivity index (χ4n) is 7.49. The van der Waals surface area contributed by atoms with Gasteiger partial charge in [0.05, 0.1) is 12.1 Å². The Balaban J connectivity index is 1.31. The average Bonchev–Trinajstić information content (AvgIpc) is 3.49. The largest absolute Gasteiger partial charge is 0.343 e. The van der Waals surface area contributed by atoms with Crippen molar-refractivity contribution in [1.82, 2.24) is 26.2 Å². The molecule has 2 fully saturated rings. The van der Waals surface area contributed by atoms with Crippen molar-refractivity contribution >= 4 is 17.7 Å².